The molecule has 6 nitrogen and oxygen atoms in total. The third-order valence-corrected chi connectivity index (χ3v) is 4.85. The Labute approximate surface area is 161 Å². The average Bonchev–Trinajstić information content (AvgIpc) is 2.86. The molecule has 0 radical (unpaired) electrons. The molecule has 0 unspecified atom stereocenters. The van der Waals surface area contributed by atoms with Crippen molar-refractivity contribution in [1.82, 2.24) is 14.7 Å². The number of para-hydroxylation sites is 1. The number of aromatic nitrogens is 2. The molecule has 27 heavy (non-hydrogen) atoms. The van der Waals surface area contributed by atoms with Crippen molar-refractivity contribution in [2.45, 2.75) is 47.0 Å². The summed E-state index contributed by atoms with van der Waals surface area (Å²) in [5.74, 6) is -0.167. The van der Waals surface area contributed by atoms with Crippen LogP contribution in [0.4, 0.5) is 5.69 Å². The van der Waals surface area contributed by atoms with Crippen molar-refractivity contribution in [2.24, 2.45) is 7.05 Å². The minimum Gasteiger partial charge on any atom is -0.333 e. The van der Waals surface area contributed by atoms with Crippen molar-refractivity contribution in [3.63, 3.8) is 0 Å². The van der Waals surface area contributed by atoms with Crippen molar-refractivity contribution in [3.8, 4) is 0 Å². The van der Waals surface area contributed by atoms with Gasteiger partial charge >= 0.3 is 0 Å². The van der Waals surface area contributed by atoms with Crippen LogP contribution in [-0.4, -0.2) is 39.6 Å². The second kappa shape index (κ2) is 9.35. The Morgan fingerprint density at radius 1 is 1.19 bits per heavy atom. The van der Waals surface area contributed by atoms with Gasteiger partial charge in [0.1, 0.15) is 0 Å². The molecule has 0 bridgehead atoms. The van der Waals surface area contributed by atoms with Gasteiger partial charge in [-0.05, 0) is 50.8 Å². The molecule has 2 rings (SSSR count). The van der Waals surface area contributed by atoms with Crippen LogP contribution in [0, 0.1) is 20.8 Å². The summed E-state index contributed by atoms with van der Waals surface area (Å²) in [5, 5.41) is 7.30. The molecule has 0 aliphatic rings. The summed E-state index contributed by atoms with van der Waals surface area (Å²) in [6.07, 6.45) is 1.84. The maximum atomic E-state index is 12.7. The predicted octanol–water partition coefficient (Wildman–Crippen LogP) is 3.16. The third kappa shape index (κ3) is 5.42. The highest BCUT2D eigenvalue weighted by molar-refractivity contribution is 5.95. The van der Waals surface area contributed by atoms with E-state index in [4.69, 9.17) is 0 Å². The van der Waals surface area contributed by atoms with E-state index in [0.717, 1.165) is 34.6 Å². The first-order chi connectivity index (χ1) is 12.8. The number of rotatable bonds is 8. The number of amides is 2. The van der Waals surface area contributed by atoms with Crippen LogP contribution in [0.2, 0.25) is 0 Å². The molecule has 0 fully saturated rings. The number of nitrogens with one attached hydrogen (secondary N) is 1. The fourth-order valence-corrected chi connectivity index (χ4v) is 3.21. The van der Waals surface area contributed by atoms with Gasteiger partial charge in [0.25, 0.3) is 0 Å². The zero-order valence-corrected chi connectivity index (χ0v) is 17.0. The molecule has 146 valence electrons. The maximum absolute atomic E-state index is 12.7. The summed E-state index contributed by atoms with van der Waals surface area (Å²) in [6.45, 7) is 8.58. The number of hydrogen-bond donors (Lipinski definition) is 1. The van der Waals surface area contributed by atoms with Crippen LogP contribution in [0.25, 0.3) is 0 Å². The first-order valence-electron chi connectivity index (χ1n) is 9.45. The zero-order valence-electron chi connectivity index (χ0n) is 17.0. The highest BCUT2D eigenvalue weighted by atomic mass is 16.2. The Balaban J connectivity index is 1.97. The molecule has 0 aliphatic carbocycles. The third-order valence-electron chi connectivity index (χ3n) is 4.85. The Morgan fingerprint density at radius 2 is 1.89 bits per heavy atom. The van der Waals surface area contributed by atoms with Crippen molar-refractivity contribution in [2.75, 3.05) is 18.4 Å². The van der Waals surface area contributed by atoms with Gasteiger partial charge in [0.05, 0.1) is 12.2 Å². The lowest BCUT2D eigenvalue weighted by Gasteiger charge is -2.22. The van der Waals surface area contributed by atoms with Crippen LogP contribution < -0.4 is 5.32 Å². The molecule has 0 saturated carbocycles. The van der Waals surface area contributed by atoms with E-state index in [2.05, 4.69) is 10.4 Å². The summed E-state index contributed by atoms with van der Waals surface area (Å²) in [7, 11) is 1.91. The van der Waals surface area contributed by atoms with Crippen molar-refractivity contribution >= 4 is 17.5 Å². The molecular formula is C21H30N4O2. The van der Waals surface area contributed by atoms with Gasteiger partial charge < -0.3 is 10.2 Å². The molecule has 2 aromatic rings. The highest BCUT2D eigenvalue weighted by Crippen LogP contribution is 2.16. The Morgan fingerprint density at radius 3 is 2.48 bits per heavy atom. The van der Waals surface area contributed by atoms with Crippen molar-refractivity contribution < 1.29 is 9.59 Å². The van der Waals surface area contributed by atoms with Gasteiger partial charge in [0.2, 0.25) is 11.8 Å². The summed E-state index contributed by atoms with van der Waals surface area (Å²) in [6, 6.07) is 7.63. The van der Waals surface area contributed by atoms with E-state index in [1.54, 1.807) is 4.90 Å². The second-order valence-electron chi connectivity index (χ2n) is 6.95. The monoisotopic (exact) mass is 370 g/mol. The smallest absolute Gasteiger partial charge is 0.244 e. The number of hydrogen-bond acceptors (Lipinski definition) is 3. The quantitative estimate of drug-likeness (QED) is 0.776. The lowest BCUT2D eigenvalue weighted by Crippen LogP contribution is -2.38. The normalized spacial score (nSPS) is 10.7. The zero-order chi connectivity index (χ0) is 20.0. The van der Waals surface area contributed by atoms with E-state index in [9.17, 15) is 9.59 Å². The van der Waals surface area contributed by atoms with E-state index in [1.165, 1.54) is 0 Å². The number of carbonyl (C=O) groups is 2. The lowest BCUT2D eigenvalue weighted by atomic mass is 10.1. The first kappa shape index (κ1) is 20.7. The van der Waals surface area contributed by atoms with Crippen molar-refractivity contribution in [1.29, 1.82) is 0 Å². The van der Waals surface area contributed by atoms with Gasteiger partial charge in [0, 0.05) is 31.4 Å². The molecule has 1 aromatic carbocycles. The summed E-state index contributed by atoms with van der Waals surface area (Å²) < 4.78 is 1.84. The van der Waals surface area contributed by atoms with Crippen LogP contribution in [0.1, 0.15) is 42.3 Å². The molecule has 1 N–H and O–H groups in total. The fraction of sp³-hybridized carbons (Fsp3) is 0.476. The van der Waals surface area contributed by atoms with Gasteiger partial charge in [-0.1, -0.05) is 25.1 Å². The van der Waals surface area contributed by atoms with Gasteiger partial charge in [-0.3, -0.25) is 14.3 Å². The predicted molar refractivity (Wildman–Crippen MR) is 108 cm³/mol. The lowest BCUT2D eigenvalue weighted by molar-refractivity contribution is -0.134. The molecule has 0 aliphatic heterocycles. The molecule has 0 atom stereocenters. The second-order valence-corrected chi connectivity index (χ2v) is 6.95. The van der Waals surface area contributed by atoms with Gasteiger partial charge in [-0.2, -0.15) is 5.10 Å². The average molecular weight is 370 g/mol. The summed E-state index contributed by atoms with van der Waals surface area (Å²) in [5.41, 5.74) is 4.95. The fourth-order valence-electron chi connectivity index (χ4n) is 3.21. The summed E-state index contributed by atoms with van der Waals surface area (Å²) in [4.78, 5) is 26.8. The van der Waals surface area contributed by atoms with E-state index >= 15 is 0 Å². The van der Waals surface area contributed by atoms with Crippen LogP contribution in [0.5, 0.6) is 0 Å². The van der Waals surface area contributed by atoms with Gasteiger partial charge in [0.15, 0.2) is 0 Å². The van der Waals surface area contributed by atoms with E-state index in [0.29, 0.717) is 19.4 Å². The number of nitrogens with zero attached hydrogens (tertiary/aromatic N) is 3. The van der Waals surface area contributed by atoms with E-state index in [-0.39, 0.29) is 18.4 Å². The Kier molecular flexibility index (Phi) is 7.16. The maximum Gasteiger partial charge on any atom is 0.244 e. The van der Waals surface area contributed by atoms with Gasteiger partial charge in [-0.15, -0.1) is 0 Å². The number of aryl methyl sites for hydroxylation is 3. The SMILES string of the molecule is CCCN(CC(=O)Nc1ccccc1C)C(=O)CCc1c(C)nn(C)c1C. The molecule has 0 saturated heterocycles. The standard InChI is InChI=1S/C21H30N4O2/c1-6-13-25(14-20(26)22-19-10-8-7-9-15(19)2)21(27)12-11-18-16(3)23-24(5)17(18)4/h7-10H,6,11-14H2,1-5H3,(H,22,26). The largest absolute Gasteiger partial charge is 0.333 e. The minimum absolute atomic E-state index is 0.000522. The number of carbonyl (C=O) groups excluding carboxylic acids is 2. The molecule has 0 spiro atoms. The molecule has 6 heteroatoms. The minimum atomic E-state index is -0.167. The van der Waals surface area contributed by atoms with Crippen LogP contribution in [-0.2, 0) is 23.1 Å². The first-order valence-corrected chi connectivity index (χ1v) is 9.45. The highest BCUT2D eigenvalue weighted by Gasteiger charge is 2.18. The topological polar surface area (TPSA) is 67.2 Å². The van der Waals surface area contributed by atoms with E-state index in [1.807, 2.05) is 63.7 Å². The van der Waals surface area contributed by atoms with Crippen LogP contribution in [0.3, 0.4) is 0 Å². The Bertz CT molecular complexity index is 811. The van der Waals surface area contributed by atoms with Crippen LogP contribution >= 0.6 is 0 Å². The molecular weight excluding hydrogens is 340 g/mol. The van der Waals surface area contributed by atoms with Gasteiger partial charge in [-0.25, -0.2) is 0 Å². The van der Waals surface area contributed by atoms with Crippen LogP contribution in [0.15, 0.2) is 24.3 Å². The number of anilines is 1. The van der Waals surface area contributed by atoms with Crippen molar-refractivity contribution in [3.05, 3.63) is 46.8 Å². The van der Waals surface area contributed by atoms with E-state index < -0.39 is 0 Å². The molecule has 2 amide bonds. The molecule has 1 aromatic heterocycles. The Hall–Kier alpha value is -2.63. The number of benzene rings is 1. The summed E-state index contributed by atoms with van der Waals surface area (Å²) >= 11 is 0. The molecule has 1 heterocycles.